The fourth-order valence-corrected chi connectivity index (χ4v) is 2.94. The maximum absolute atomic E-state index is 10.6. The highest BCUT2D eigenvalue weighted by Gasteiger charge is 2.08. The predicted molar refractivity (Wildman–Crippen MR) is 94.6 cm³/mol. The molecule has 5 nitrogen and oxygen atoms in total. The highest BCUT2D eigenvalue weighted by molar-refractivity contribution is 7.11. The third kappa shape index (κ3) is 5.46. The smallest absolute Gasteiger partial charge is 0.271 e. The molecule has 0 amide bonds. The van der Waals surface area contributed by atoms with Crippen molar-refractivity contribution in [2.45, 2.75) is 13.5 Å². The van der Waals surface area contributed by atoms with Crippen molar-refractivity contribution in [1.82, 2.24) is 5.32 Å². The molecule has 0 spiro atoms. The van der Waals surface area contributed by atoms with Crippen LogP contribution in [0.3, 0.4) is 0 Å². The lowest BCUT2D eigenvalue weighted by Gasteiger charge is -2.08. The summed E-state index contributed by atoms with van der Waals surface area (Å²) in [5, 5.41) is 17.5. The van der Waals surface area contributed by atoms with Crippen LogP contribution in [-0.2, 0) is 6.54 Å². The quantitative estimate of drug-likeness (QED) is 0.439. The van der Waals surface area contributed by atoms with Crippen LogP contribution in [0.5, 0.6) is 0 Å². The van der Waals surface area contributed by atoms with Crippen LogP contribution in [0.15, 0.2) is 30.3 Å². The molecule has 2 rings (SSSR count). The lowest BCUT2D eigenvalue weighted by atomic mass is 10.3. The third-order valence-electron chi connectivity index (χ3n) is 2.88. The molecule has 22 heavy (non-hydrogen) atoms. The largest absolute Gasteiger partial charge is 0.383 e. The van der Waals surface area contributed by atoms with Crippen molar-refractivity contribution in [1.29, 1.82) is 0 Å². The second-order valence-electron chi connectivity index (χ2n) is 4.54. The first-order valence-electron chi connectivity index (χ1n) is 6.50. The Hall–Kier alpha value is -1.34. The van der Waals surface area contributed by atoms with Gasteiger partial charge in [0.2, 0.25) is 0 Å². The van der Waals surface area contributed by atoms with E-state index in [1.54, 1.807) is 17.4 Å². The van der Waals surface area contributed by atoms with Crippen molar-refractivity contribution in [3.05, 3.63) is 55.2 Å². The number of halogens is 2. The summed E-state index contributed by atoms with van der Waals surface area (Å²) < 4.78 is 0. The Morgan fingerprint density at radius 3 is 2.64 bits per heavy atom. The number of benzene rings is 1. The van der Waals surface area contributed by atoms with Gasteiger partial charge in [-0.1, -0.05) is 11.6 Å². The van der Waals surface area contributed by atoms with E-state index in [4.69, 9.17) is 11.6 Å². The number of non-ortho nitro benzene ring substituents is 1. The van der Waals surface area contributed by atoms with Crippen LogP contribution < -0.4 is 10.6 Å². The zero-order chi connectivity index (χ0) is 15.2. The Morgan fingerprint density at radius 1 is 1.27 bits per heavy atom. The highest BCUT2D eigenvalue weighted by Crippen LogP contribution is 2.26. The van der Waals surface area contributed by atoms with E-state index in [0.29, 0.717) is 17.3 Å². The van der Waals surface area contributed by atoms with Gasteiger partial charge in [0.05, 0.1) is 15.6 Å². The molecular weight excluding hydrogens is 345 g/mol. The van der Waals surface area contributed by atoms with Gasteiger partial charge in [-0.15, -0.1) is 23.7 Å². The van der Waals surface area contributed by atoms with Gasteiger partial charge in [-0.25, -0.2) is 0 Å². The van der Waals surface area contributed by atoms with Crippen molar-refractivity contribution >= 4 is 46.7 Å². The summed E-state index contributed by atoms with van der Waals surface area (Å²) in [6.45, 7) is 4.41. The molecule has 1 aromatic heterocycles. The summed E-state index contributed by atoms with van der Waals surface area (Å²) in [5.74, 6) is 0. The van der Waals surface area contributed by atoms with Crippen LogP contribution in [-0.4, -0.2) is 18.0 Å². The molecule has 0 bridgehead atoms. The number of thiophene rings is 1. The van der Waals surface area contributed by atoms with E-state index < -0.39 is 4.92 Å². The Bertz CT molecular complexity index is 634. The summed E-state index contributed by atoms with van der Waals surface area (Å²) in [6, 6.07) is 8.65. The molecular formula is C14H17Cl2N3O2S. The molecule has 1 heterocycles. The molecule has 0 aliphatic heterocycles. The fraction of sp³-hybridized carbons (Fsp3) is 0.286. The Labute approximate surface area is 144 Å². The van der Waals surface area contributed by atoms with Crippen molar-refractivity contribution < 1.29 is 4.92 Å². The molecule has 2 N–H and O–H groups in total. The molecule has 2 aromatic rings. The maximum atomic E-state index is 10.6. The van der Waals surface area contributed by atoms with Crippen LogP contribution >= 0.6 is 35.3 Å². The van der Waals surface area contributed by atoms with Crippen molar-refractivity contribution in [3.8, 4) is 0 Å². The van der Waals surface area contributed by atoms with Gasteiger partial charge in [0.15, 0.2) is 0 Å². The number of hydrogen-bond donors (Lipinski definition) is 2. The van der Waals surface area contributed by atoms with E-state index in [1.165, 1.54) is 21.9 Å². The van der Waals surface area contributed by atoms with Gasteiger partial charge < -0.3 is 10.6 Å². The first-order valence-corrected chi connectivity index (χ1v) is 7.69. The van der Waals surface area contributed by atoms with Crippen LogP contribution in [0.4, 0.5) is 11.4 Å². The number of aryl methyl sites for hydroxylation is 1. The molecule has 0 radical (unpaired) electrons. The summed E-state index contributed by atoms with van der Waals surface area (Å²) in [5.41, 5.74) is 0.702. The summed E-state index contributed by atoms with van der Waals surface area (Å²) in [6.07, 6.45) is 0. The van der Waals surface area contributed by atoms with Crippen molar-refractivity contribution in [2.75, 3.05) is 18.4 Å². The van der Waals surface area contributed by atoms with Gasteiger partial charge in [0.1, 0.15) is 0 Å². The number of rotatable bonds is 7. The number of nitrogens with zero attached hydrogens (tertiary/aromatic N) is 1. The topological polar surface area (TPSA) is 67.2 Å². The predicted octanol–water partition coefficient (Wildman–Crippen LogP) is 4.24. The normalized spacial score (nSPS) is 10.1. The van der Waals surface area contributed by atoms with Gasteiger partial charge in [0.25, 0.3) is 5.69 Å². The minimum atomic E-state index is -0.458. The van der Waals surface area contributed by atoms with Gasteiger partial charge >= 0.3 is 0 Å². The van der Waals surface area contributed by atoms with E-state index in [9.17, 15) is 10.1 Å². The molecule has 0 saturated carbocycles. The number of nitro benzene ring substituents is 1. The van der Waals surface area contributed by atoms with E-state index in [1.807, 2.05) is 0 Å². The van der Waals surface area contributed by atoms with Gasteiger partial charge in [0, 0.05) is 41.5 Å². The van der Waals surface area contributed by atoms with E-state index in [0.717, 1.165) is 13.1 Å². The SMILES string of the molecule is Cc1ccc(CNCCNc2ccc([N+](=O)[O-])cc2Cl)s1.Cl. The number of anilines is 1. The minimum Gasteiger partial charge on any atom is -0.383 e. The monoisotopic (exact) mass is 361 g/mol. The molecule has 0 atom stereocenters. The molecule has 0 unspecified atom stereocenters. The second kappa shape index (κ2) is 8.95. The summed E-state index contributed by atoms with van der Waals surface area (Å²) in [4.78, 5) is 12.8. The summed E-state index contributed by atoms with van der Waals surface area (Å²) in [7, 11) is 0. The Balaban J connectivity index is 0.00000242. The molecule has 0 aliphatic carbocycles. The Morgan fingerprint density at radius 2 is 2.05 bits per heavy atom. The number of hydrogen-bond acceptors (Lipinski definition) is 5. The third-order valence-corrected chi connectivity index (χ3v) is 4.19. The van der Waals surface area contributed by atoms with E-state index in [2.05, 4.69) is 29.7 Å². The lowest BCUT2D eigenvalue weighted by molar-refractivity contribution is -0.384. The van der Waals surface area contributed by atoms with Crippen LogP contribution in [0.1, 0.15) is 9.75 Å². The van der Waals surface area contributed by atoms with Crippen LogP contribution in [0.25, 0.3) is 0 Å². The molecule has 1 aromatic carbocycles. The molecule has 0 fully saturated rings. The fourth-order valence-electron chi connectivity index (χ4n) is 1.84. The number of nitro groups is 1. The van der Waals surface area contributed by atoms with Crippen LogP contribution in [0, 0.1) is 17.0 Å². The Kier molecular flexibility index (Phi) is 7.61. The maximum Gasteiger partial charge on any atom is 0.271 e. The first-order chi connectivity index (χ1) is 10.1. The standard InChI is InChI=1S/C14H16ClN3O2S.ClH/c1-10-2-4-12(21-10)9-16-6-7-17-14-5-3-11(18(19)20)8-13(14)15;/h2-5,8,16-17H,6-7,9H2,1H3;1H. The van der Waals surface area contributed by atoms with E-state index >= 15 is 0 Å². The zero-order valence-corrected chi connectivity index (χ0v) is 14.4. The highest BCUT2D eigenvalue weighted by atomic mass is 35.5. The van der Waals surface area contributed by atoms with Crippen LogP contribution in [0.2, 0.25) is 5.02 Å². The molecule has 0 aliphatic rings. The van der Waals surface area contributed by atoms with Gasteiger partial charge in [-0.2, -0.15) is 0 Å². The average Bonchev–Trinajstić information content (AvgIpc) is 2.85. The van der Waals surface area contributed by atoms with Gasteiger partial charge in [-0.3, -0.25) is 10.1 Å². The van der Waals surface area contributed by atoms with E-state index in [-0.39, 0.29) is 18.1 Å². The summed E-state index contributed by atoms with van der Waals surface area (Å²) >= 11 is 7.78. The number of nitrogens with one attached hydrogen (secondary N) is 2. The van der Waals surface area contributed by atoms with Gasteiger partial charge in [-0.05, 0) is 25.1 Å². The zero-order valence-electron chi connectivity index (χ0n) is 12.0. The molecule has 8 heteroatoms. The minimum absolute atomic E-state index is 0. The molecule has 120 valence electrons. The second-order valence-corrected chi connectivity index (χ2v) is 6.32. The van der Waals surface area contributed by atoms with Crippen molar-refractivity contribution in [3.63, 3.8) is 0 Å². The van der Waals surface area contributed by atoms with Crippen molar-refractivity contribution in [2.24, 2.45) is 0 Å². The molecule has 0 saturated heterocycles. The lowest BCUT2D eigenvalue weighted by Crippen LogP contribution is -2.21. The average molecular weight is 362 g/mol. The first kappa shape index (κ1) is 18.7.